The summed E-state index contributed by atoms with van der Waals surface area (Å²) in [5.74, 6) is 0.116. The lowest BCUT2D eigenvalue weighted by molar-refractivity contribution is -0.144. The van der Waals surface area contributed by atoms with E-state index >= 15 is 0 Å². The van der Waals surface area contributed by atoms with Gasteiger partial charge in [-0.3, -0.25) is 9.69 Å². The fourth-order valence-corrected chi connectivity index (χ4v) is 3.61. The van der Waals surface area contributed by atoms with Gasteiger partial charge in [0.25, 0.3) is 0 Å². The molecule has 4 nitrogen and oxygen atoms in total. The molecule has 114 valence electrons. The van der Waals surface area contributed by atoms with E-state index in [-0.39, 0.29) is 11.9 Å². The molecule has 3 atom stereocenters. The highest BCUT2D eigenvalue weighted by molar-refractivity contribution is 7.80. The summed E-state index contributed by atoms with van der Waals surface area (Å²) in [6.45, 7) is 9.00. The minimum absolute atomic E-state index is 0.116. The van der Waals surface area contributed by atoms with Crippen molar-refractivity contribution in [1.29, 1.82) is 0 Å². The predicted octanol–water partition coefficient (Wildman–Crippen LogP) is 1.77. The van der Waals surface area contributed by atoms with Crippen molar-refractivity contribution < 1.29 is 4.79 Å². The van der Waals surface area contributed by atoms with Crippen LogP contribution in [0.15, 0.2) is 0 Å². The van der Waals surface area contributed by atoms with Gasteiger partial charge < -0.3 is 10.6 Å². The van der Waals surface area contributed by atoms with Gasteiger partial charge in [0.05, 0.1) is 10.4 Å². The molecule has 0 aromatic carbocycles. The van der Waals surface area contributed by atoms with E-state index in [9.17, 15) is 4.79 Å². The van der Waals surface area contributed by atoms with E-state index < -0.39 is 5.41 Å². The molecule has 2 saturated heterocycles. The Morgan fingerprint density at radius 3 is 2.70 bits per heavy atom. The summed E-state index contributed by atoms with van der Waals surface area (Å²) in [5, 5.41) is 0. The largest absolute Gasteiger partial charge is 0.392 e. The number of nitrogens with zero attached hydrogens (tertiary/aromatic N) is 2. The molecule has 3 unspecified atom stereocenters. The van der Waals surface area contributed by atoms with Crippen molar-refractivity contribution in [3.05, 3.63) is 0 Å². The lowest BCUT2D eigenvalue weighted by Gasteiger charge is -2.49. The molecule has 20 heavy (non-hydrogen) atoms. The van der Waals surface area contributed by atoms with Gasteiger partial charge in [-0.15, -0.1) is 0 Å². The van der Waals surface area contributed by atoms with E-state index in [1.165, 1.54) is 25.8 Å². The summed E-state index contributed by atoms with van der Waals surface area (Å²) >= 11 is 5.15. The van der Waals surface area contributed by atoms with Gasteiger partial charge in [-0.2, -0.15) is 0 Å². The molecule has 0 bridgehead atoms. The Hall–Kier alpha value is -0.680. The highest BCUT2D eigenvalue weighted by Crippen LogP contribution is 2.30. The van der Waals surface area contributed by atoms with Gasteiger partial charge in [-0.05, 0) is 39.7 Å². The topological polar surface area (TPSA) is 49.6 Å². The molecule has 0 radical (unpaired) electrons. The highest BCUT2D eigenvalue weighted by Gasteiger charge is 2.43. The molecule has 2 aliphatic heterocycles. The van der Waals surface area contributed by atoms with Gasteiger partial charge in [0.2, 0.25) is 5.91 Å². The van der Waals surface area contributed by atoms with Crippen molar-refractivity contribution in [3.8, 4) is 0 Å². The normalized spacial score (nSPS) is 30.4. The molecule has 2 fully saturated rings. The number of hydrogen-bond acceptors (Lipinski definition) is 3. The summed E-state index contributed by atoms with van der Waals surface area (Å²) in [7, 11) is 0. The number of nitrogens with two attached hydrogens (primary N) is 1. The Balaban J connectivity index is 2.15. The Morgan fingerprint density at radius 2 is 2.10 bits per heavy atom. The van der Waals surface area contributed by atoms with Crippen molar-refractivity contribution in [3.63, 3.8) is 0 Å². The number of piperidine rings is 1. The molecule has 1 amide bonds. The van der Waals surface area contributed by atoms with Crippen molar-refractivity contribution in [2.24, 2.45) is 11.1 Å². The van der Waals surface area contributed by atoms with Crippen LogP contribution in [0.4, 0.5) is 0 Å². The monoisotopic (exact) mass is 297 g/mol. The molecule has 5 heteroatoms. The van der Waals surface area contributed by atoms with Crippen LogP contribution in [0.5, 0.6) is 0 Å². The molecule has 0 aliphatic carbocycles. The Labute approximate surface area is 127 Å². The van der Waals surface area contributed by atoms with E-state index in [1.807, 2.05) is 18.7 Å². The molecule has 2 aliphatic rings. The third-order valence-corrected chi connectivity index (χ3v) is 5.62. The van der Waals surface area contributed by atoms with Crippen LogP contribution in [0.25, 0.3) is 0 Å². The average molecular weight is 297 g/mol. The predicted molar refractivity (Wildman–Crippen MR) is 85.6 cm³/mol. The number of piperazine rings is 1. The molecule has 0 saturated carbocycles. The third kappa shape index (κ3) is 2.70. The molecule has 2 heterocycles. The van der Waals surface area contributed by atoms with Crippen LogP contribution in [0, 0.1) is 5.41 Å². The van der Waals surface area contributed by atoms with Crippen molar-refractivity contribution in [1.82, 2.24) is 9.80 Å². The van der Waals surface area contributed by atoms with Crippen molar-refractivity contribution in [2.45, 2.75) is 58.5 Å². The summed E-state index contributed by atoms with van der Waals surface area (Å²) < 4.78 is 0. The lowest BCUT2D eigenvalue weighted by Crippen LogP contribution is -2.63. The number of thiocarbonyl (C=S) groups is 1. The van der Waals surface area contributed by atoms with E-state index in [0.717, 1.165) is 13.1 Å². The molecule has 0 spiro atoms. The fraction of sp³-hybridized carbons (Fsp3) is 0.867. The maximum atomic E-state index is 12.9. The van der Waals surface area contributed by atoms with E-state index in [0.29, 0.717) is 17.5 Å². The van der Waals surface area contributed by atoms with E-state index in [2.05, 4.69) is 11.8 Å². The molecule has 2 rings (SSSR count). The number of carbonyl (C=O) groups is 1. The van der Waals surface area contributed by atoms with Crippen LogP contribution < -0.4 is 5.73 Å². The quantitative estimate of drug-likeness (QED) is 0.807. The van der Waals surface area contributed by atoms with Gasteiger partial charge in [-0.25, -0.2) is 0 Å². The fourth-order valence-electron chi connectivity index (χ4n) is 3.38. The molecule has 0 aromatic rings. The zero-order valence-electron chi connectivity index (χ0n) is 12.9. The Morgan fingerprint density at radius 1 is 1.40 bits per heavy atom. The maximum absolute atomic E-state index is 12.9. The lowest BCUT2D eigenvalue weighted by atomic mass is 9.84. The third-order valence-electron chi connectivity index (χ3n) is 5.17. The zero-order chi connectivity index (χ0) is 14.9. The van der Waals surface area contributed by atoms with Crippen molar-refractivity contribution >= 4 is 23.1 Å². The average Bonchev–Trinajstić information content (AvgIpc) is 2.44. The first-order chi connectivity index (χ1) is 9.40. The van der Waals surface area contributed by atoms with Crippen LogP contribution in [-0.4, -0.2) is 52.4 Å². The summed E-state index contributed by atoms with van der Waals surface area (Å²) in [5.41, 5.74) is 5.15. The molecular formula is C15H27N3OS. The molecule has 2 N–H and O–H groups in total. The van der Waals surface area contributed by atoms with Crippen LogP contribution >= 0.6 is 12.2 Å². The first-order valence-corrected chi connectivity index (χ1v) is 8.16. The second-order valence-electron chi connectivity index (χ2n) is 6.50. The van der Waals surface area contributed by atoms with E-state index in [4.69, 9.17) is 18.0 Å². The van der Waals surface area contributed by atoms with Crippen LogP contribution in [0.2, 0.25) is 0 Å². The Bertz CT molecular complexity index is 401. The highest BCUT2D eigenvalue weighted by atomic mass is 32.1. The number of hydrogen-bond donors (Lipinski definition) is 1. The summed E-state index contributed by atoms with van der Waals surface area (Å²) in [4.78, 5) is 17.8. The van der Waals surface area contributed by atoms with Crippen LogP contribution in [0.1, 0.15) is 46.5 Å². The minimum Gasteiger partial charge on any atom is -0.392 e. The van der Waals surface area contributed by atoms with Crippen molar-refractivity contribution in [2.75, 3.05) is 19.6 Å². The number of rotatable bonds is 3. The zero-order valence-corrected chi connectivity index (χ0v) is 13.7. The second kappa shape index (κ2) is 5.98. The number of fused-ring (bicyclic) bond motifs is 1. The smallest absolute Gasteiger partial charge is 0.235 e. The molecule has 0 aromatic heterocycles. The van der Waals surface area contributed by atoms with Gasteiger partial charge in [0.1, 0.15) is 0 Å². The second-order valence-corrected chi connectivity index (χ2v) is 6.94. The van der Waals surface area contributed by atoms with E-state index in [1.54, 1.807) is 0 Å². The van der Waals surface area contributed by atoms with Gasteiger partial charge >= 0.3 is 0 Å². The summed E-state index contributed by atoms with van der Waals surface area (Å²) in [6, 6.07) is 0.772. The first kappa shape index (κ1) is 15.7. The minimum atomic E-state index is -0.694. The summed E-state index contributed by atoms with van der Waals surface area (Å²) in [6.07, 6.45) is 4.43. The Kier molecular flexibility index (Phi) is 4.69. The molecular weight excluding hydrogens is 270 g/mol. The van der Waals surface area contributed by atoms with Crippen LogP contribution in [-0.2, 0) is 4.79 Å². The van der Waals surface area contributed by atoms with Gasteiger partial charge in [-0.1, -0.05) is 25.6 Å². The van der Waals surface area contributed by atoms with Gasteiger partial charge in [0, 0.05) is 25.2 Å². The van der Waals surface area contributed by atoms with Crippen LogP contribution in [0.3, 0.4) is 0 Å². The number of amides is 1. The maximum Gasteiger partial charge on any atom is 0.235 e. The standard InChI is InChI=1S/C15H27N3OS/c1-4-15(3,13(16)20)14(19)18-10-12-7-5-6-8-17(12)9-11(18)2/h11-12H,4-10H2,1-3H3,(H2,16,20). The SMILES string of the molecule is CCC(C)(C(=O)N1CC2CCCCN2CC1C)C(N)=S. The first-order valence-electron chi connectivity index (χ1n) is 7.75. The van der Waals surface area contributed by atoms with Gasteiger partial charge in [0.15, 0.2) is 0 Å². The number of carbonyl (C=O) groups excluding carboxylic acids is 1.